The van der Waals surface area contributed by atoms with Crippen molar-refractivity contribution in [1.29, 1.82) is 0 Å². The number of rotatable bonds is 19. The number of carbonyl (C=O) groups excluding carboxylic acids is 4. The number of anilines is 1. The van der Waals surface area contributed by atoms with Gasteiger partial charge in [-0.1, -0.05) is 46.9 Å². The smallest absolute Gasteiger partial charge is 0.322 e. The third kappa shape index (κ3) is 22.6. The Balaban J connectivity index is 0. The van der Waals surface area contributed by atoms with E-state index in [1.165, 1.54) is 13.8 Å². The van der Waals surface area contributed by atoms with Gasteiger partial charge in [-0.25, -0.2) is 10.3 Å². The molecular weight excluding hydrogens is 618 g/mol. The van der Waals surface area contributed by atoms with Crippen LogP contribution in [0.2, 0.25) is 0 Å². The summed E-state index contributed by atoms with van der Waals surface area (Å²) in [5.74, 6) is -3.23. The molecule has 0 aromatic heterocycles. The van der Waals surface area contributed by atoms with Gasteiger partial charge in [0.25, 0.3) is 5.91 Å². The van der Waals surface area contributed by atoms with E-state index in [2.05, 4.69) is 51.3 Å². The first-order valence-electron chi connectivity index (χ1n) is 15.0. The van der Waals surface area contributed by atoms with Crippen molar-refractivity contribution in [3.05, 3.63) is 29.8 Å². The summed E-state index contributed by atoms with van der Waals surface area (Å²) in [6, 6.07) is 7.47. The van der Waals surface area contributed by atoms with Crippen molar-refractivity contribution in [2.24, 2.45) is 16.6 Å². The number of hydrazine groups is 1. The lowest BCUT2D eigenvalue weighted by Crippen LogP contribution is -2.43. The van der Waals surface area contributed by atoms with Crippen molar-refractivity contribution >= 4 is 54.1 Å². The number of unbranched alkanes of at least 4 members (excludes halogenated alkanes) is 1. The van der Waals surface area contributed by atoms with Crippen LogP contribution in [0.25, 0.3) is 0 Å². The van der Waals surface area contributed by atoms with E-state index in [4.69, 9.17) is 15.9 Å². The fraction of sp³-hybridized carbons (Fsp3) is 0.600. The van der Waals surface area contributed by atoms with E-state index in [1.54, 1.807) is 13.8 Å². The Morgan fingerprint density at radius 3 is 1.89 bits per heavy atom. The number of carboxylic acid groups (broad SMARTS) is 2. The molecule has 1 rings (SSSR count). The van der Waals surface area contributed by atoms with E-state index >= 15 is 0 Å². The van der Waals surface area contributed by atoms with Crippen LogP contribution >= 0.6 is 12.8 Å². The number of nitrogens with two attached hydrogens (primary N) is 1. The topological polar surface area (TPSA) is 241 Å². The summed E-state index contributed by atoms with van der Waals surface area (Å²) in [5.41, 5.74) is 7.36. The van der Waals surface area contributed by atoms with Crippen molar-refractivity contribution < 1.29 is 39.0 Å². The first-order chi connectivity index (χ1) is 21.4. The van der Waals surface area contributed by atoms with Gasteiger partial charge >= 0.3 is 11.9 Å². The minimum atomic E-state index is -1.13. The number of primary amides is 1. The molecule has 262 valence electrons. The lowest BCUT2D eigenvalue weighted by atomic mass is 9.74. The van der Waals surface area contributed by atoms with Gasteiger partial charge in [0.1, 0.15) is 6.54 Å². The first-order valence-corrected chi connectivity index (χ1v) is 15.4. The minimum Gasteiger partial charge on any atom is -0.481 e. The minimum absolute atomic E-state index is 0.0130. The molecule has 0 atom stereocenters. The molecule has 0 unspecified atom stereocenters. The first kappa shape index (κ1) is 44.2. The fourth-order valence-electron chi connectivity index (χ4n) is 3.70. The highest BCUT2D eigenvalue weighted by Gasteiger charge is 2.38. The predicted molar refractivity (Wildman–Crippen MR) is 180 cm³/mol. The van der Waals surface area contributed by atoms with Crippen molar-refractivity contribution in [3.8, 4) is 0 Å². The van der Waals surface area contributed by atoms with Crippen molar-refractivity contribution in [2.75, 3.05) is 38.0 Å². The molecule has 10 N–H and O–H groups in total. The highest BCUT2D eigenvalue weighted by Crippen LogP contribution is 2.34. The Labute approximate surface area is 277 Å². The molecule has 15 nitrogen and oxygen atoms in total. The van der Waals surface area contributed by atoms with Crippen LogP contribution in [0, 0.1) is 10.8 Å². The molecular formula is C30H53N7O8S. The third-order valence-electron chi connectivity index (χ3n) is 6.04. The Kier molecular flexibility index (Phi) is 23.4. The molecule has 0 saturated heterocycles. The zero-order valence-electron chi connectivity index (χ0n) is 27.7. The number of carbonyl (C=O) groups is 6. The predicted octanol–water partition coefficient (Wildman–Crippen LogP) is 1.67. The molecule has 1 aromatic rings. The number of nitrogens with one attached hydrogen (secondary N) is 6. The van der Waals surface area contributed by atoms with Crippen LogP contribution in [0.4, 0.5) is 5.69 Å². The summed E-state index contributed by atoms with van der Waals surface area (Å²) >= 11 is 3.82. The van der Waals surface area contributed by atoms with Crippen LogP contribution in [0.15, 0.2) is 24.3 Å². The second kappa shape index (κ2) is 24.4. The van der Waals surface area contributed by atoms with Gasteiger partial charge in [-0.05, 0) is 57.4 Å². The van der Waals surface area contributed by atoms with E-state index in [0.29, 0.717) is 12.0 Å². The van der Waals surface area contributed by atoms with Crippen LogP contribution in [0.1, 0.15) is 84.0 Å². The lowest BCUT2D eigenvalue weighted by molar-refractivity contribution is -0.150. The SMILES string of the molecule is CC(C)(CC(C)(C)C(=O)NCC(=O)O)C(=O)O.CCCC(=O)NCC(N)=O.CCCCNC(=O)c1ccc(NCCNNS)cc1. The maximum atomic E-state index is 11.8. The fourth-order valence-corrected chi connectivity index (χ4v) is 3.81. The van der Waals surface area contributed by atoms with Gasteiger partial charge in [-0.15, -0.1) is 0 Å². The number of carboxylic acids is 2. The standard InChI is InChI=1S/C13H22N4OS.C11H19NO5.C6H12N2O2/c1-2-3-8-15-13(18)11-4-6-12(7-5-11)14-9-10-16-17-19;1-10(2,6-11(3,4)9(16)17)8(15)12-5-7(13)14;1-2-3-6(10)8-4-5(7)9/h4-7,14,16-17,19H,2-3,8-10H2,1H3,(H,15,18);5-6H2,1-4H3,(H,12,15)(H,13,14)(H,16,17);2-4H2,1H3,(H2,7,9)(H,8,10). The van der Waals surface area contributed by atoms with E-state index in [-0.39, 0.29) is 24.8 Å². The second-order valence-corrected chi connectivity index (χ2v) is 11.7. The quantitative estimate of drug-likeness (QED) is 0.0576. The van der Waals surface area contributed by atoms with Crippen molar-refractivity contribution in [3.63, 3.8) is 0 Å². The van der Waals surface area contributed by atoms with Gasteiger partial charge in [-0.2, -0.15) is 0 Å². The molecule has 0 spiro atoms. The molecule has 0 heterocycles. The van der Waals surface area contributed by atoms with Gasteiger partial charge in [0.05, 0.1) is 12.0 Å². The van der Waals surface area contributed by atoms with Crippen LogP contribution in [-0.2, 0) is 24.0 Å². The summed E-state index contributed by atoms with van der Waals surface area (Å²) in [5, 5.41) is 28.2. The number of amides is 4. The van der Waals surface area contributed by atoms with Crippen LogP contribution in [-0.4, -0.2) is 78.5 Å². The van der Waals surface area contributed by atoms with E-state index < -0.39 is 41.1 Å². The summed E-state index contributed by atoms with van der Waals surface area (Å²) < 4.78 is 0. The lowest BCUT2D eigenvalue weighted by Gasteiger charge is -2.30. The molecule has 0 aliphatic carbocycles. The average molecular weight is 672 g/mol. The molecule has 0 radical (unpaired) electrons. The highest BCUT2D eigenvalue weighted by atomic mass is 32.1. The van der Waals surface area contributed by atoms with E-state index in [1.807, 2.05) is 31.2 Å². The van der Waals surface area contributed by atoms with Gasteiger partial charge in [0.2, 0.25) is 17.7 Å². The molecule has 46 heavy (non-hydrogen) atoms. The van der Waals surface area contributed by atoms with Gasteiger partial charge in [0.15, 0.2) is 0 Å². The molecule has 1 aromatic carbocycles. The summed E-state index contributed by atoms with van der Waals surface area (Å²) in [7, 11) is 0. The molecule has 0 fully saturated rings. The Morgan fingerprint density at radius 2 is 1.41 bits per heavy atom. The van der Waals surface area contributed by atoms with Crippen LogP contribution in [0.3, 0.4) is 0 Å². The highest BCUT2D eigenvalue weighted by molar-refractivity contribution is 7.78. The average Bonchev–Trinajstić information content (AvgIpc) is 2.97. The summed E-state index contributed by atoms with van der Waals surface area (Å²) in [6.07, 6.45) is 3.45. The summed E-state index contributed by atoms with van der Waals surface area (Å²) in [6.45, 7) is 12.0. The molecule has 0 aliphatic heterocycles. The van der Waals surface area contributed by atoms with E-state index in [9.17, 15) is 28.8 Å². The zero-order chi connectivity index (χ0) is 35.8. The molecule has 0 saturated carbocycles. The van der Waals surface area contributed by atoms with Gasteiger partial charge < -0.3 is 37.2 Å². The second-order valence-electron chi connectivity index (χ2n) is 11.5. The number of benzene rings is 1. The third-order valence-corrected chi connectivity index (χ3v) is 6.19. The molecule has 0 bridgehead atoms. The Hall–Kier alpha value is -3.89. The monoisotopic (exact) mass is 671 g/mol. The zero-order valence-corrected chi connectivity index (χ0v) is 28.6. The normalized spacial score (nSPS) is 10.6. The Morgan fingerprint density at radius 1 is 0.804 bits per heavy atom. The largest absolute Gasteiger partial charge is 0.481 e. The number of hydrogen-bond donors (Lipinski definition) is 10. The van der Waals surface area contributed by atoms with Crippen molar-refractivity contribution in [1.82, 2.24) is 26.2 Å². The number of aliphatic carboxylic acids is 2. The number of hydrogen-bond acceptors (Lipinski definition) is 10. The number of thiol groups is 1. The molecule has 0 aliphatic rings. The van der Waals surface area contributed by atoms with Gasteiger partial charge in [0, 0.05) is 42.7 Å². The summed E-state index contributed by atoms with van der Waals surface area (Å²) in [4.78, 5) is 68.0. The Bertz CT molecular complexity index is 1100. The van der Waals surface area contributed by atoms with Crippen LogP contribution < -0.4 is 37.3 Å². The van der Waals surface area contributed by atoms with Crippen molar-refractivity contribution in [2.45, 2.75) is 73.6 Å². The maximum absolute atomic E-state index is 11.8. The molecule has 4 amide bonds. The van der Waals surface area contributed by atoms with E-state index in [0.717, 1.165) is 44.6 Å². The van der Waals surface area contributed by atoms with Crippen LogP contribution in [0.5, 0.6) is 0 Å². The van der Waals surface area contributed by atoms with Gasteiger partial charge in [-0.3, -0.25) is 28.8 Å². The maximum Gasteiger partial charge on any atom is 0.322 e. The molecule has 16 heteroatoms.